The van der Waals surface area contributed by atoms with Crippen LogP contribution in [-0.2, 0) is 13.1 Å². The summed E-state index contributed by atoms with van der Waals surface area (Å²) in [7, 11) is 1.65. The molecule has 0 unspecified atom stereocenters. The summed E-state index contributed by atoms with van der Waals surface area (Å²) in [6, 6.07) is 5.96. The van der Waals surface area contributed by atoms with Crippen LogP contribution in [0.1, 0.15) is 17.3 Å². The van der Waals surface area contributed by atoms with E-state index in [1.54, 1.807) is 14.0 Å². The Labute approximate surface area is 114 Å². The van der Waals surface area contributed by atoms with Gasteiger partial charge in [0.1, 0.15) is 5.75 Å². The van der Waals surface area contributed by atoms with Gasteiger partial charge in [0.15, 0.2) is 5.82 Å². The van der Waals surface area contributed by atoms with Crippen LogP contribution in [0.5, 0.6) is 5.75 Å². The summed E-state index contributed by atoms with van der Waals surface area (Å²) in [5.41, 5.74) is 1.16. The van der Waals surface area contributed by atoms with Gasteiger partial charge in [-0.1, -0.05) is 11.2 Å². The van der Waals surface area contributed by atoms with E-state index in [1.807, 2.05) is 18.2 Å². The van der Waals surface area contributed by atoms with E-state index in [0.717, 1.165) is 22.3 Å². The third-order valence-corrected chi connectivity index (χ3v) is 3.02. The SMILES string of the molecule is COc1ccc(CNCc2noc(C)n2)cc1Br. The quantitative estimate of drug-likeness (QED) is 0.919. The molecule has 1 aromatic heterocycles. The first-order chi connectivity index (χ1) is 8.69. The maximum atomic E-state index is 5.18. The molecule has 0 amide bonds. The van der Waals surface area contributed by atoms with Crippen molar-refractivity contribution in [3.05, 3.63) is 40.0 Å². The summed E-state index contributed by atoms with van der Waals surface area (Å²) >= 11 is 3.45. The van der Waals surface area contributed by atoms with Gasteiger partial charge in [-0.3, -0.25) is 0 Å². The molecule has 0 spiro atoms. The average molecular weight is 312 g/mol. The van der Waals surface area contributed by atoms with Crippen LogP contribution in [0.25, 0.3) is 0 Å². The Bertz CT molecular complexity index is 528. The second-order valence-electron chi connectivity index (χ2n) is 3.80. The van der Waals surface area contributed by atoms with Crippen molar-refractivity contribution in [2.45, 2.75) is 20.0 Å². The van der Waals surface area contributed by atoms with E-state index >= 15 is 0 Å². The summed E-state index contributed by atoms with van der Waals surface area (Å²) < 4.78 is 11.0. The molecule has 0 aliphatic rings. The molecule has 18 heavy (non-hydrogen) atoms. The fourth-order valence-electron chi connectivity index (χ4n) is 1.55. The molecule has 0 bridgehead atoms. The van der Waals surface area contributed by atoms with Crippen LogP contribution in [0, 0.1) is 6.92 Å². The van der Waals surface area contributed by atoms with Gasteiger partial charge in [0, 0.05) is 13.5 Å². The van der Waals surface area contributed by atoms with E-state index < -0.39 is 0 Å². The molecule has 5 nitrogen and oxygen atoms in total. The number of ether oxygens (including phenoxy) is 1. The van der Waals surface area contributed by atoms with Crippen molar-refractivity contribution in [1.82, 2.24) is 15.5 Å². The van der Waals surface area contributed by atoms with E-state index in [2.05, 4.69) is 31.4 Å². The zero-order valence-corrected chi connectivity index (χ0v) is 11.8. The molecule has 0 fully saturated rings. The maximum Gasteiger partial charge on any atom is 0.223 e. The topological polar surface area (TPSA) is 60.2 Å². The number of methoxy groups -OCH3 is 1. The number of nitrogens with one attached hydrogen (secondary N) is 1. The fourth-order valence-corrected chi connectivity index (χ4v) is 2.14. The molecule has 1 N–H and O–H groups in total. The van der Waals surface area contributed by atoms with Gasteiger partial charge in [-0.2, -0.15) is 4.98 Å². The molecule has 0 atom stereocenters. The molecule has 1 heterocycles. The van der Waals surface area contributed by atoms with Gasteiger partial charge in [-0.05, 0) is 33.6 Å². The predicted octanol–water partition coefficient (Wildman–Crippen LogP) is 2.44. The van der Waals surface area contributed by atoms with Crippen LogP contribution in [0.2, 0.25) is 0 Å². The average Bonchev–Trinajstić information content (AvgIpc) is 2.75. The van der Waals surface area contributed by atoms with Gasteiger partial charge in [0.05, 0.1) is 18.1 Å². The Balaban J connectivity index is 1.88. The van der Waals surface area contributed by atoms with Gasteiger partial charge >= 0.3 is 0 Å². The lowest BCUT2D eigenvalue weighted by molar-refractivity contribution is 0.385. The minimum Gasteiger partial charge on any atom is -0.496 e. The smallest absolute Gasteiger partial charge is 0.223 e. The van der Waals surface area contributed by atoms with Crippen LogP contribution >= 0.6 is 15.9 Å². The van der Waals surface area contributed by atoms with Crippen molar-refractivity contribution in [2.24, 2.45) is 0 Å². The van der Waals surface area contributed by atoms with Gasteiger partial charge in [-0.15, -0.1) is 0 Å². The normalized spacial score (nSPS) is 10.6. The fraction of sp³-hybridized carbons (Fsp3) is 0.333. The third kappa shape index (κ3) is 3.30. The van der Waals surface area contributed by atoms with Crippen molar-refractivity contribution >= 4 is 15.9 Å². The van der Waals surface area contributed by atoms with Crippen molar-refractivity contribution in [2.75, 3.05) is 7.11 Å². The zero-order chi connectivity index (χ0) is 13.0. The standard InChI is InChI=1S/C12H14BrN3O2/c1-8-15-12(16-18-8)7-14-6-9-3-4-11(17-2)10(13)5-9/h3-5,14H,6-7H2,1-2H3. The van der Waals surface area contributed by atoms with Crippen molar-refractivity contribution in [3.63, 3.8) is 0 Å². The third-order valence-electron chi connectivity index (χ3n) is 2.40. The highest BCUT2D eigenvalue weighted by Gasteiger charge is 2.03. The first-order valence-corrected chi connectivity index (χ1v) is 6.30. The number of rotatable bonds is 5. The number of aryl methyl sites for hydroxylation is 1. The Morgan fingerprint density at radius 2 is 2.22 bits per heavy atom. The monoisotopic (exact) mass is 311 g/mol. The van der Waals surface area contributed by atoms with Crippen LogP contribution < -0.4 is 10.1 Å². The molecule has 0 radical (unpaired) electrons. The largest absolute Gasteiger partial charge is 0.496 e. The van der Waals surface area contributed by atoms with E-state index in [4.69, 9.17) is 9.26 Å². The van der Waals surface area contributed by atoms with Crippen LogP contribution in [0.3, 0.4) is 0 Å². The maximum absolute atomic E-state index is 5.18. The second-order valence-corrected chi connectivity index (χ2v) is 4.66. The van der Waals surface area contributed by atoms with Crippen molar-refractivity contribution in [3.8, 4) is 5.75 Å². The van der Waals surface area contributed by atoms with Crippen LogP contribution in [0.15, 0.2) is 27.2 Å². The molecule has 6 heteroatoms. The number of nitrogens with zero attached hydrogens (tertiary/aromatic N) is 2. The van der Waals surface area contributed by atoms with Crippen LogP contribution in [0.4, 0.5) is 0 Å². The lowest BCUT2D eigenvalue weighted by atomic mass is 10.2. The molecular weight excluding hydrogens is 298 g/mol. The zero-order valence-electron chi connectivity index (χ0n) is 10.2. The molecule has 96 valence electrons. The molecule has 2 rings (SSSR count). The highest BCUT2D eigenvalue weighted by Crippen LogP contribution is 2.25. The minimum atomic E-state index is 0.582. The Morgan fingerprint density at radius 1 is 1.39 bits per heavy atom. The summed E-state index contributed by atoms with van der Waals surface area (Å²) in [4.78, 5) is 4.12. The van der Waals surface area contributed by atoms with Crippen molar-refractivity contribution < 1.29 is 9.26 Å². The molecular formula is C12H14BrN3O2. The summed E-state index contributed by atoms with van der Waals surface area (Å²) in [5, 5.41) is 7.06. The predicted molar refractivity (Wildman–Crippen MR) is 70.3 cm³/mol. The molecule has 0 saturated heterocycles. The van der Waals surface area contributed by atoms with E-state index in [9.17, 15) is 0 Å². The first-order valence-electron chi connectivity index (χ1n) is 5.51. The Kier molecular flexibility index (Phi) is 4.33. The summed E-state index contributed by atoms with van der Waals surface area (Å²) in [6.07, 6.45) is 0. The molecule has 1 aromatic carbocycles. The number of hydrogen-bond donors (Lipinski definition) is 1. The molecule has 0 aliphatic heterocycles. The number of hydrogen-bond acceptors (Lipinski definition) is 5. The second kappa shape index (κ2) is 5.97. The first kappa shape index (κ1) is 13.0. The van der Waals surface area contributed by atoms with Gasteiger partial charge in [0.25, 0.3) is 0 Å². The Morgan fingerprint density at radius 3 is 2.83 bits per heavy atom. The summed E-state index contributed by atoms with van der Waals surface area (Å²) in [6.45, 7) is 3.09. The highest BCUT2D eigenvalue weighted by molar-refractivity contribution is 9.10. The summed E-state index contributed by atoms with van der Waals surface area (Å²) in [5.74, 6) is 2.08. The number of benzene rings is 1. The molecule has 0 aliphatic carbocycles. The van der Waals surface area contributed by atoms with Crippen LogP contribution in [-0.4, -0.2) is 17.3 Å². The van der Waals surface area contributed by atoms with Gasteiger partial charge in [0.2, 0.25) is 5.89 Å². The minimum absolute atomic E-state index is 0.582. The van der Waals surface area contributed by atoms with Gasteiger partial charge < -0.3 is 14.6 Å². The molecule has 2 aromatic rings. The number of aromatic nitrogens is 2. The number of halogens is 1. The van der Waals surface area contributed by atoms with E-state index in [1.165, 1.54) is 0 Å². The van der Waals surface area contributed by atoms with Gasteiger partial charge in [-0.25, -0.2) is 0 Å². The highest BCUT2D eigenvalue weighted by atomic mass is 79.9. The van der Waals surface area contributed by atoms with E-state index in [0.29, 0.717) is 18.3 Å². The lowest BCUT2D eigenvalue weighted by Crippen LogP contribution is -2.13. The Hall–Kier alpha value is -1.40. The van der Waals surface area contributed by atoms with E-state index in [-0.39, 0.29) is 0 Å². The van der Waals surface area contributed by atoms with Crippen molar-refractivity contribution in [1.29, 1.82) is 0 Å². The lowest BCUT2D eigenvalue weighted by Gasteiger charge is -2.06. The molecule has 0 saturated carbocycles.